The van der Waals surface area contributed by atoms with Crippen molar-refractivity contribution >= 4 is 132 Å². The van der Waals surface area contributed by atoms with E-state index in [1.807, 2.05) is 102 Å². The zero-order chi connectivity index (χ0) is 93.6. The van der Waals surface area contributed by atoms with Crippen molar-refractivity contribution in [1.82, 2.24) is 40.8 Å². The molecule has 12 aromatic carbocycles. The molecule has 0 aliphatic carbocycles. The molecule has 700 valence electrons. The fourth-order valence-electron chi connectivity index (χ4n) is 15.9. The predicted octanol–water partition coefficient (Wildman–Crippen LogP) is 32.3. The van der Waals surface area contributed by atoms with Crippen LogP contribution < -0.4 is 0 Å². The summed E-state index contributed by atoms with van der Waals surface area (Å²) in [6.45, 7) is 5.13. The van der Waals surface area contributed by atoms with Crippen LogP contribution in [0.3, 0.4) is 0 Å². The van der Waals surface area contributed by atoms with E-state index in [1.54, 1.807) is 90.5 Å². The number of rotatable bonds is 8. The first-order valence-corrected chi connectivity index (χ1v) is 42.7. The van der Waals surface area contributed by atoms with E-state index in [4.69, 9.17) is 0 Å². The molecule has 0 amide bonds. The maximum absolute atomic E-state index is 14.1. The van der Waals surface area contributed by atoms with Crippen molar-refractivity contribution in [3.8, 4) is 87.3 Å². The Kier molecular flexibility index (Phi) is 30.0. The quantitative estimate of drug-likeness (QED) is 0.0842. The smallest absolute Gasteiger partial charge is 0.237 e. The van der Waals surface area contributed by atoms with Crippen LogP contribution in [0, 0.1) is 52.0 Å². The Labute approximate surface area is 827 Å². The van der Waals surface area contributed by atoms with Crippen molar-refractivity contribution < 1.29 is 173 Å². The number of halogens is 21. The topological polar surface area (TPSA) is 103 Å². The summed E-state index contributed by atoms with van der Waals surface area (Å²) in [5, 5.41) is 52.5. The van der Waals surface area contributed by atoms with Crippen molar-refractivity contribution in [3.63, 3.8) is 0 Å². The van der Waals surface area contributed by atoms with Crippen molar-refractivity contribution in [2.75, 3.05) is 0 Å². The number of hydrogen-bond donors (Lipinski definition) is 0. The van der Waals surface area contributed by atoms with E-state index in [9.17, 15) is 92.2 Å². The summed E-state index contributed by atoms with van der Waals surface area (Å²) in [7, 11) is 0. The average molecular weight is 2650 g/mol. The Morgan fingerprint density at radius 1 is 0.228 bits per heavy atom. The number of nitrogens with zero attached hydrogens (tertiary/aromatic N) is 8. The summed E-state index contributed by atoms with van der Waals surface area (Å²) in [5.41, 5.74) is -8.98. The average Bonchev–Trinajstić information content (AvgIpc) is 0.896. The fraction of sp³-hybridized carbons (Fsp3) is 0.111. The molecule has 4 radical (unpaired) electrons. The van der Waals surface area contributed by atoms with Gasteiger partial charge in [-0.05, 0) is 187 Å². The monoisotopic (exact) mass is 2650 g/mol. The molecule has 0 unspecified atom stereocenters. The first kappa shape index (κ1) is 102. The van der Waals surface area contributed by atoms with Crippen LogP contribution >= 0.6 is 45.3 Å². The summed E-state index contributed by atoms with van der Waals surface area (Å²) in [6.07, 6.45) is -35.2. The second kappa shape index (κ2) is 39.8. The van der Waals surface area contributed by atoms with E-state index in [0.717, 1.165) is 103 Å². The Hall–Kier alpha value is -11.0. The van der Waals surface area contributed by atoms with E-state index < -0.39 is 98.9 Å². The molecule has 0 spiro atoms. The van der Waals surface area contributed by atoms with Gasteiger partial charge in [0.2, 0.25) is 0 Å². The van der Waals surface area contributed by atoms with Gasteiger partial charge in [0.05, 0.1) is 61.7 Å². The Morgan fingerprint density at radius 3 is 0.824 bits per heavy atom. The fourth-order valence-corrected chi connectivity index (χ4v) is 18.6. The van der Waals surface area contributed by atoms with E-state index in [2.05, 4.69) is 71.1 Å². The molecule has 0 atom stereocenters. The van der Waals surface area contributed by atoms with Gasteiger partial charge in [0.15, 0.2) is 0 Å². The molecule has 8 heterocycles. The van der Waals surface area contributed by atoms with Gasteiger partial charge in [0.25, 0.3) is 0 Å². The Bertz CT molecular complexity index is 7850. The van der Waals surface area contributed by atoms with Crippen LogP contribution in [0.4, 0.5) is 92.2 Å². The molecule has 20 rings (SSSR count). The summed E-state index contributed by atoms with van der Waals surface area (Å²) in [5.74, 6) is 0. The van der Waals surface area contributed by atoms with E-state index >= 15 is 0 Å². The van der Waals surface area contributed by atoms with E-state index in [-0.39, 0.29) is 126 Å². The number of benzene rings is 12. The van der Waals surface area contributed by atoms with Crippen LogP contribution in [0.2, 0.25) is 0 Å². The maximum Gasteiger partial charge on any atom is 0.417 e. The standard InChI is InChI=1S/3C25H13F6N2S.C24H14F3N2S.4Ir/c1-13-9-18(20(25(29,30)31)12-19(13)24(26,27)28)22-16-10-14-5-2-3-6-15(14)11-17(16)23(33-32-22)21-7-4-8-34-21;1-13-9-16(12-19(24(26,27)28)21(13)25(29,30)31)22-17-10-14-5-2-3-6-15(14)11-18(17)23(33-32-22)20-7-4-8-34-20;1-13-9-18(21(25(29,30)31)19(10-13)24(26,27)28)22-16-11-14-5-2-3-6-15(14)12-17(16)23(33-32-22)20-7-4-8-34-20;1-14-11-17(24(25,26)27)8-9-18(14)22-19-12-15-5-2-3-6-16(15)13-20(19)23(29-28-22)21-7-4-10-30-21;;;;/h3*2-6,8-12H,1H3;2-6,8-13H,1H3;;;;/q4*-1;;;;. The van der Waals surface area contributed by atoms with Gasteiger partial charge in [0, 0.05) is 147 Å². The van der Waals surface area contributed by atoms with E-state index in [0.29, 0.717) is 93.0 Å². The Balaban J connectivity index is 0.000000152. The largest absolute Gasteiger partial charge is 0.417 e. The minimum atomic E-state index is -5.26. The van der Waals surface area contributed by atoms with Crippen LogP contribution in [-0.4, -0.2) is 40.8 Å². The Morgan fingerprint density at radius 2 is 0.522 bits per heavy atom. The molecular formula is C99H53F21Ir4N8S4-4. The number of hydrogen-bond acceptors (Lipinski definition) is 12. The third-order valence-electron chi connectivity index (χ3n) is 21.7. The van der Waals surface area contributed by atoms with Crippen molar-refractivity contribution in [3.05, 3.63) is 331 Å². The number of fused-ring (bicyclic) bond motifs is 8. The normalized spacial score (nSPS) is 12.1. The van der Waals surface area contributed by atoms with Crippen molar-refractivity contribution in [1.29, 1.82) is 0 Å². The molecule has 0 bridgehead atoms. The van der Waals surface area contributed by atoms with Crippen LogP contribution in [0.5, 0.6) is 0 Å². The summed E-state index contributed by atoms with van der Waals surface area (Å²) >= 11 is 5.58. The molecule has 0 saturated carbocycles. The van der Waals surface area contributed by atoms with Crippen LogP contribution in [0.15, 0.2) is 246 Å². The molecule has 0 aliphatic rings. The van der Waals surface area contributed by atoms with Gasteiger partial charge >= 0.3 is 43.2 Å². The summed E-state index contributed by atoms with van der Waals surface area (Å²) in [6, 6.07) is 71.6. The molecule has 8 nitrogen and oxygen atoms in total. The third-order valence-corrected chi connectivity index (χ3v) is 25.0. The number of aryl methyl sites for hydroxylation is 4. The summed E-state index contributed by atoms with van der Waals surface area (Å²) in [4.78, 5) is 2.84. The van der Waals surface area contributed by atoms with Gasteiger partial charge in [-0.25, -0.2) is 65.7 Å². The van der Waals surface area contributed by atoms with Gasteiger partial charge in [-0.1, -0.05) is 147 Å². The molecule has 8 aromatic heterocycles. The first-order valence-electron chi connectivity index (χ1n) is 39.2. The molecule has 0 saturated heterocycles. The second-order valence-electron chi connectivity index (χ2n) is 30.3. The minimum absolute atomic E-state index is 0. The number of thiophene rings is 4. The zero-order valence-corrected chi connectivity index (χ0v) is 82.0. The van der Waals surface area contributed by atoms with Gasteiger partial charge in [-0.15, -0.1) is 21.5 Å². The van der Waals surface area contributed by atoms with Gasteiger partial charge in [-0.2, -0.15) is 161 Å². The van der Waals surface area contributed by atoms with Crippen LogP contribution in [-0.2, 0) is 124 Å². The minimum Gasteiger partial charge on any atom is -0.237 e. The molecule has 0 N–H and O–H groups in total. The second-order valence-corrected chi connectivity index (χ2v) is 34.0. The van der Waals surface area contributed by atoms with E-state index in [1.165, 1.54) is 58.3 Å². The van der Waals surface area contributed by atoms with Crippen LogP contribution in [0.25, 0.3) is 173 Å². The molecule has 136 heavy (non-hydrogen) atoms. The number of alkyl halides is 21. The zero-order valence-electron chi connectivity index (χ0n) is 69.2. The predicted molar refractivity (Wildman–Crippen MR) is 472 cm³/mol. The summed E-state index contributed by atoms with van der Waals surface area (Å²) < 4.78 is 286. The molecule has 0 aliphatic heterocycles. The molecule has 37 heteroatoms. The first-order chi connectivity index (χ1) is 62.5. The molecule has 20 aromatic rings. The van der Waals surface area contributed by atoms with Gasteiger partial charge < -0.3 is 0 Å². The SMILES string of the molecule is Cc1cc(-c2nnc(-c3[c-]ccs3)c3cc4ccccc4cc23)c(C(F)(F)F)c(C(F)(F)F)c1.Cc1cc(-c2nnc(-c3[c-]ccs3)c3cc4ccccc4cc23)c(C(F)(F)F)cc1C(F)(F)F.Cc1cc(-c2nnc(-c3[c-]ccs3)c3cc4ccccc4cc23)cc(C(F)(F)F)c1C(F)(F)F.Cc1cc(C(F)(F)F)ccc1-c1nnc(-c2[c-]ccs2)c2cc3ccccc3cc12.[Ir].[Ir].[Ir].[Ir]. The third kappa shape index (κ3) is 20.9. The maximum atomic E-state index is 14.1. The number of aromatic nitrogens is 8. The van der Waals surface area contributed by atoms with Crippen LogP contribution in [0.1, 0.15) is 61.2 Å². The van der Waals surface area contributed by atoms with Gasteiger partial charge in [0.1, 0.15) is 0 Å². The van der Waals surface area contributed by atoms with Crippen molar-refractivity contribution in [2.24, 2.45) is 0 Å². The molecule has 0 fully saturated rings. The van der Waals surface area contributed by atoms with Gasteiger partial charge in [-0.3, -0.25) is 0 Å². The van der Waals surface area contributed by atoms with Crippen molar-refractivity contribution in [2.45, 2.75) is 70.9 Å². The molecular weight excluding hydrogens is 2600 g/mol.